The molecule has 1 aromatic heterocycles. The Bertz CT molecular complexity index is 1410. The number of aliphatic carboxylic acids is 1. The van der Waals surface area contributed by atoms with Crippen molar-refractivity contribution < 1.29 is 9.90 Å². The lowest BCUT2D eigenvalue weighted by atomic mass is 9.94. The maximum absolute atomic E-state index is 13.5. The molecular formula is C27H32ClN5O4. The molecule has 0 aliphatic carbocycles. The third-order valence-electron chi connectivity index (χ3n) is 6.69. The van der Waals surface area contributed by atoms with Crippen LogP contribution < -0.4 is 21.6 Å². The quantitative estimate of drug-likeness (QED) is 0.452. The molecule has 2 N–H and O–H groups in total. The molecule has 2 aromatic carbocycles. The minimum Gasteiger partial charge on any atom is -0.481 e. The molecule has 0 atom stereocenters. The minimum absolute atomic E-state index is 0.0828. The summed E-state index contributed by atoms with van der Waals surface area (Å²) in [6, 6.07) is 12.9. The van der Waals surface area contributed by atoms with Crippen LogP contribution in [0.15, 0.2) is 52.1 Å². The fourth-order valence-corrected chi connectivity index (χ4v) is 4.62. The van der Waals surface area contributed by atoms with Gasteiger partial charge in [0.2, 0.25) is 5.95 Å². The summed E-state index contributed by atoms with van der Waals surface area (Å²) in [5.41, 5.74) is 0.926. The van der Waals surface area contributed by atoms with Crippen molar-refractivity contribution in [2.24, 2.45) is 5.41 Å². The summed E-state index contributed by atoms with van der Waals surface area (Å²) < 4.78 is 2.22. The molecule has 1 aliphatic heterocycles. The number of hydrogen-bond acceptors (Lipinski definition) is 6. The van der Waals surface area contributed by atoms with Crippen LogP contribution in [0.2, 0.25) is 5.02 Å². The molecule has 37 heavy (non-hydrogen) atoms. The molecule has 0 amide bonds. The van der Waals surface area contributed by atoms with Crippen molar-refractivity contribution in [3.63, 3.8) is 0 Å². The monoisotopic (exact) mass is 525 g/mol. The molecular weight excluding hydrogens is 494 g/mol. The smallest absolute Gasteiger partial charge is 0.354 e. The molecule has 1 saturated heterocycles. The summed E-state index contributed by atoms with van der Waals surface area (Å²) in [5, 5.41) is 13.2. The van der Waals surface area contributed by atoms with Gasteiger partial charge >= 0.3 is 17.3 Å². The zero-order valence-electron chi connectivity index (χ0n) is 21.3. The van der Waals surface area contributed by atoms with E-state index >= 15 is 0 Å². The molecule has 0 unspecified atom stereocenters. The number of anilines is 3. The zero-order chi connectivity index (χ0) is 26.7. The van der Waals surface area contributed by atoms with Crippen LogP contribution in [0.3, 0.4) is 0 Å². The predicted octanol–water partition coefficient (Wildman–Crippen LogP) is 4.26. The Morgan fingerprint density at radius 1 is 1.05 bits per heavy atom. The zero-order valence-corrected chi connectivity index (χ0v) is 22.1. The van der Waals surface area contributed by atoms with Gasteiger partial charge in [0, 0.05) is 36.0 Å². The third kappa shape index (κ3) is 6.05. The van der Waals surface area contributed by atoms with Crippen LogP contribution in [-0.4, -0.2) is 38.3 Å². The highest BCUT2D eigenvalue weighted by atomic mass is 35.5. The SMILES string of the molecule is Cc1cc(Nc2nc(=O)n(CC(C)(C)C(=O)O)c(=O)n2Cc2ccc(Cl)cc2)ccc1N1CCCCC1. The fraction of sp³-hybridized carbons (Fsp3) is 0.407. The Morgan fingerprint density at radius 3 is 2.35 bits per heavy atom. The average Bonchev–Trinajstić information content (AvgIpc) is 2.86. The van der Waals surface area contributed by atoms with Gasteiger partial charge < -0.3 is 15.3 Å². The molecule has 9 nitrogen and oxygen atoms in total. The van der Waals surface area contributed by atoms with E-state index in [-0.39, 0.29) is 19.0 Å². The standard InChI is InChI=1S/C27H32ClN5O4/c1-18-15-21(11-12-22(18)31-13-5-4-6-14-31)29-24-30-25(36)33(17-27(2,3)23(34)35)26(37)32(24)16-19-7-9-20(28)10-8-19/h7-12,15H,4-6,13-14,16-17H2,1-3H3,(H,34,35)(H,29,30,36). The maximum Gasteiger partial charge on any atom is 0.354 e. The van der Waals surface area contributed by atoms with Gasteiger partial charge in [-0.3, -0.25) is 9.36 Å². The second-order valence-corrected chi connectivity index (χ2v) is 10.6. The lowest BCUT2D eigenvalue weighted by Crippen LogP contribution is -2.46. The van der Waals surface area contributed by atoms with Crippen molar-refractivity contribution >= 4 is 34.9 Å². The fourth-order valence-electron chi connectivity index (χ4n) is 4.49. The number of nitrogens with zero attached hydrogens (tertiary/aromatic N) is 4. The van der Waals surface area contributed by atoms with E-state index in [1.165, 1.54) is 43.4 Å². The van der Waals surface area contributed by atoms with Crippen molar-refractivity contribution in [3.8, 4) is 0 Å². The first-order chi connectivity index (χ1) is 17.5. The minimum atomic E-state index is -1.33. The van der Waals surface area contributed by atoms with Gasteiger partial charge in [0.25, 0.3) is 0 Å². The second-order valence-electron chi connectivity index (χ2n) is 10.2. The highest BCUT2D eigenvalue weighted by Gasteiger charge is 2.30. The Kier molecular flexibility index (Phi) is 7.73. The number of carboxylic acids is 1. The Hall–Kier alpha value is -3.59. The highest BCUT2D eigenvalue weighted by molar-refractivity contribution is 6.30. The van der Waals surface area contributed by atoms with Gasteiger partial charge in [-0.05, 0) is 81.5 Å². The molecule has 0 radical (unpaired) electrons. The lowest BCUT2D eigenvalue weighted by molar-refractivity contribution is -0.147. The number of aromatic nitrogens is 3. The largest absolute Gasteiger partial charge is 0.481 e. The van der Waals surface area contributed by atoms with Crippen molar-refractivity contribution in [2.75, 3.05) is 23.3 Å². The van der Waals surface area contributed by atoms with E-state index in [2.05, 4.69) is 15.2 Å². The molecule has 10 heteroatoms. The summed E-state index contributed by atoms with van der Waals surface area (Å²) in [4.78, 5) is 44.6. The van der Waals surface area contributed by atoms with Crippen molar-refractivity contribution in [1.29, 1.82) is 0 Å². The molecule has 0 spiro atoms. The summed E-state index contributed by atoms with van der Waals surface area (Å²) >= 11 is 6.02. The number of carbonyl (C=O) groups is 1. The van der Waals surface area contributed by atoms with Crippen LogP contribution in [0, 0.1) is 12.3 Å². The number of piperidine rings is 1. The average molecular weight is 526 g/mol. The number of rotatable bonds is 8. The van der Waals surface area contributed by atoms with E-state index in [1.54, 1.807) is 24.3 Å². The van der Waals surface area contributed by atoms with Crippen LogP contribution in [-0.2, 0) is 17.9 Å². The summed E-state index contributed by atoms with van der Waals surface area (Å²) in [6.45, 7) is 6.82. The molecule has 0 bridgehead atoms. The van der Waals surface area contributed by atoms with Gasteiger partial charge in [-0.1, -0.05) is 23.7 Å². The van der Waals surface area contributed by atoms with Crippen LogP contribution >= 0.6 is 11.6 Å². The first-order valence-electron chi connectivity index (χ1n) is 12.4. The number of carboxylic acid groups (broad SMARTS) is 1. The van der Waals surface area contributed by atoms with Crippen molar-refractivity contribution in [1.82, 2.24) is 14.1 Å². The number of nitrogens with one attached hydrogen (secondary N) is 1. The Morgan fingerprint density at radius 2 is 1.73 bits per heavy atom. The molecule has 0 saturated carbocycles. The molecule has 2 heterocycles. The predicted molar refractivity (Wildman–Crippen MR) is 145 cm³/mol. The van der Waals surface area contributed by atoms with Gasteiger partial charge in [0.15, 0.2) is 0 Å². The molecule has 4 rings (SSSR count). The van der Waals surface area contributed by atoms with Crippen molar-refractivity contribution in [2.45, 2.75) is 53.1 Å². The maximum atomic E-state index is 13.5. The van der Waals surface area contributed by atoms with E-state index in [0.717, 1.165) is 28.8 Å². The van der Waals surface area contributed by atoms with Gasteiger partial charge in [-0.15, -0.1) is 0 Å². The van der Waals surface area contributed by atoms with E-state index in [1.807, 2.05) is 25.1 Å². The molecule has 3 aromatic rings. The third-order valence-corrected chi connectivity index (χ3v) is 6.94. The van der Waals surface area contributed by atoms with Gasteiger partial charge in [0.1, 0.15) is 0 Å². The van der Waals surface area contributed by atoms with E-state index in [4.69, 9.17) is 11.6 Å². The first-order valence-corrected chi connectivity index (χ1v) is 12.7. The summed E-state index contributed by atoms with van der Waals surface area (Å²) in [6.07, 6.45) is 3.60. The molecule has 1 aliphatic rings. The van der Waals surface area contributed by atoms with Gasteiger partial charge in [-0.25, -0.2) is 14.2 Å². The highest BCUT2D eigenvalue weighted by Crippen LogP contribution is 2.27. The molecule has 1 fully saturated rings. The van der Waals surface area contributed by atoms with Gasteiger partial charge in [0.05, 0.1) is 12.0 Å². The number of aryl methyl sites for hydroxylation is 1. The topological polar surface area (TPSA) is 109 Å². The second kappa shape index (κ2) is 10.8. The normalized spacial score (nSPS) is 14.0. The van der Waals surface area contributed by atoms with Crippen LogP contribution in [0.1, 0.15) is 44.2 Å². The van der Waals surface area contributed by atoms with E-state index in [9.17, 15) is 19.5 Å². The van der Waals surface area contributed by atoms with Crippen LogP contribution in [0.25, 0.3) is 0 Å². The van der Waals surface area contributed by atoms with Crippen LogP contribution in [0.5, 0.6) is 0 Å². The summed E-state index contributed by atoms with van der Waals surface area (Å²) in [7, 11) is 0. The van der Waals surface area contributed by atoms with E-state index < -0.39 is 22.8 Å². The Labute approximate surface area is 220 Å². The lowest BCUT2D eigenvalue weighted by Gasteiger charge is -2.30. The van der Waals surface area contributed by atoms with Crippen LogP contribution in [0.4, 0.5) is 17.3 Å². The number of benzene rings is 2. The first kappa shape index (κ1) is 26.5. The summed E-state index contributed by atoms with van der Waals surface area (Å²) in [5.74, 6) is -1.03. The number of halogens is 1. The Balaban J connectivity index is 1.73. The van der Waals surface area contributed by atoms with E-state index in [0.29, 0.717) is 10.7 Å². The number of hydrogen-bond donors (Lipinski definition) is 2. The van der Waals surface area contributed by atoms with Crippen molar-refractivity contribution in [3.05, 3.63) is 79.6 Å². The molecule has 196 valence electrons. The van der Waals surface area contributed by atoms with Gasteiger partial charge in [-0.2, -0.15) is 4.98 Å².